The van der Waals surface area contributed by atoms with Gasteiger partial charge >= 0.3 is 5.97 Å². The third kappa shape index (κ3) is 5.00. The number of phenols is 2. The first-order valence-electron chi connectivity index (χ1n) is 11.1. The number of β-lactam (4-membered cyclic amide) rings is 1. The number of thiazole rings is 1. The molecule has 13 nitrogen and oxygen atoms in total. The van der Waals surface area contributed by atoms with Crippen molar-refractivity contribution in [2.24, 2.45) is 0 Å². The van der Waals surface area contributed by atoms with Gasteiger partial charge in [-0.2, -0.15) is 0 Å². The van der Waals surface area contributed by atoms with Gasteiger partial charge in [0.25, 0.3) is 17.6 Å². The average molecular weight is 587 g/mol. The van der Waals surface area contributed by atoms with Crippen LogP contribution in [-0.4, -0.2) is 81.7 Å². The molecule has 16 heteroatoms. The minimum Gasteiger partial charge on any atom is -0.504 e. The van der Waals surface area contributed by atoms with Gasteiger partial charge in [-0.1, -0.05) is 6.07 Å². The molecule has 1 fully saturated rings. The number of rotatable bonds is 8. The maximum Gasteiger partial charge on any atom is 0.352 e. The van der Waals surface area contributed by atoms with Crippen molar-refractivity contribution >= 4 is 63.6 Å². The van der Waals surface area contributed by atoms with Crippen molar-refractivity contribution in [3.8, 4) is 22.6 Å². The molecule has 2 amide bonds. The topological polar surface area (TPSA) is 209 Å². The van der Waals surface area contributed by atoms with Crippen LogP contribution in [0.3, 0.4) is 0 Å². The Balaban J connectivity index is 1.32. The Kier molecular flexibility index (Phi) is 7.16. The number of phenolic OH excluding ortho intramolecular Hbond substituents is 2. The zero-order chi connectivity index (χ0) is 27.8. The lowest BCUT2D eigenvalue weighted by Gasteiger charge is -2.49. The predicted octanol–water partition coefficient (Wildman–Crippen LogP) is 1.31. The fourth-order valence-electron chi connectivity index (χ4n) is 3.99. The Hall–Kier alpha value is -4.15. The number of carboxylic acid groups (broad SMARTS) is 1. The minimum atomic E-state index is -1.30. The molecule has 0 spiro atoms. The molecule has 0 radical (unpaired) electrons. The molecule has 1 aromatic carbocycles. The number of aromatic nitrogens is 3. The molecule has 0 unspecified atom stereocenters. The molecule has 5 rings (SSSR count). The number of nitrogens with zero attached hydrogens (tertiary/aromatic N) is 4. The number of amides is 2. The van der Waals surface area contributed by atoms with Crippen molar-refractivity contribution < 1.29 is 34.5 Å². The van der Waals surface area contributed by atoms with Gasteiger partial charge in [-0.05, 0) is 23.3 Å². The van der Waals surface area contributed by atoms with E-state index in [1.807, 2.05) is 0 Å². The van der Waals surface area contributed by atoms with Crippen LogP contribution in [0.5, 0.6) is 11.5 Å². The van der Waals surface area contributed by atoms with Crippen molar-refractivity contribution in [1.29, 1.82) is 0 Å². The van der Waals surface area contributed by atoms with Crippen LogP contribution in [0, 0.1) is 0 Å². The Morgan fingerprint density at radius 2 is 2.03 bits per heavy atom. The Morgan fingerprint density at radius 1 is 1.23 bits per heavy atom. The second kappa shape index (κ2) is 10.5. The molecule has 200 valence electrons. The maximum absolute atomic E-state index is 12.9. The van der Waals surface area contributed by atoms with Crippen molar-refractivity contribution in [3.05, 3.63) is 53.1 Å². The van der Waals surface area contributed by atoms with Gasteiger partial charge in [0, 0.05) is 28.6 Å². The first kappa shape index (κ1) is 26.5. The third-order valence-corrected chi connectivity index (χ3v) is 8.95. The lowest BCUT2D eigenvalue weighted by molar-refractivity contribution is -0.150. The van der Waals surface area contributed by atoms with Gasteiger partial charge in [-0.15, -0.1) is 34.9 Å². The number of hydrogen-bond donors (Lipinski definition) is 5. The van der Waals surface area contributed by atoms with Crippen molar-refractivity contribution in [2.45, 2.75) is 16.4 Å². The first-order valence-corrected chi connectivity index (χ1v) is 14.0. The molecule has 4 heterocycles. The Morgan fingerprint density at radius 3 is 2.72 bits per heavy atom. The van der Waals surface area contributed by atoms with Gasteiger partial charge in [-0.3, -0.25) is 19.3 Å². The first-order chi connectivity index (χ1) is 18.7. The van der Waals surface area contributed by atoms with E-state index < -0.39 is 35.0 Å². The molecule has 0 bridgehead atoms. The number of carbonyl (C=O) groups excluding carboxylic acids is 3. The number of carboxylic acids is 1. The van der Waals surface area contributed by atoms with E-state index in [1.165, 1.54) is 53.6 Å². The highest BCUT2D eigenvalue weighted by Gasteiger charge is 2.54. The van der Waals surface area contributed by atoms with E-state index in [2.05, 4.69) is 20.3 Å². The summed E-state index contributed by atoms with van der Waals surface area (Å²) in [7, 11) is 0. The monoisotopic (exact) mass is 586 g/mol. The predicted molar refractivity (Wildman–Crippen MR) is 142 cm³/mol. The summed E-state index contributed by atoms with van der Waals surface area (Å²) in [6, 6.07) is 3.21. The van der Waals surface area contributed by atoms with Crippen molar-refractivity contribution in [3.63, 3.8) is 0 Å². The molecule has 0 aliphatic carbocycles. The van der Waals surface area contributed by atoms with Gasteiger partial charge in [0.15, 0.2) is 16.6 Å². The van der Waals surface area contributed by atoms with Crippen LogP contribution >= 0.6 is 34.9 Å². The van der Waals surface area contributed by atoms with E-state index in [-0.39, 0.29) is 39.5 Å². The number of hydrogen-bond acceptors (Lipinski definition) is 13. The van der Waals surface area contributed by atoms with Crippen molar-refractivity contribution in [2.75, 3.05) is 17.2 Å². The number of carbonyl (C=O) groups is 4. The fraction of sp³-hybridized carbons (Fsp3) is 0.174. The summed E-state index contributed by atoms with van der Waals surface area (Å²) in [6.45, 7) is 0. The van der Waals surface area contributed by atoms with Crippen LogP contribution in [0.15, 0.2) is 52.4 Å². The van der Waals surface area contributed by atoms with Crippen LogP contribution in [0.4, 0.5) is 5.13 Å². The lowest BCUT2D eigenvalue weighted by Crippen LogP contribution is -2.71. The quantitative estimate of drug-likeness (QED) is 0.0630. The van der Waals surface area contributed by atoms with E-state index in [0.717, 1.165) is 16.2 Å². The molecule has 39 heavy (non-hydrogen) atoms. The molecule has 2 aromatic heterocycles. The van der Waals surface area contributed by atoms with E-state index in [9.17, 15) is 34.5 Å². The summed E-state index contributed by atoms with van der Waals surface area (Å²) in [5, 5.41) is 33.1. The molecule has 0 saturated carbocycles. The molecule has 2 aliphatic heterocycles. The second-order valence-electron chi connectivity index (χ2n) is 8.25. The molecule has 6 N–H and O–H groups in total. The van der Waals surface area contributed by atoms with Crippen LogP contribution in [-0.2, 0) is 14.4 Å². The number of nitrogens with one attached hydrogen (secondary N) is 1. The zero-order valence-electron chi connectivity index (χ0n) is 19.6. The molecule has 2 aliphatic rings. The normalized spacial score (nSPS) is 18.4. The highest BCUT2D eigenvalue weighted by atomic mass is 32.2. The molecular weight excluding hydrogens is 568 g/mol. The van der Waals surface area contributed by atoms with Gasteiger partial charge in [0.2, 0.25) is 0 Å². The second-order valence-corrected chi connectivity index (χ2v) is 11.2. The van der Waals surface area contributed by atoms with Crippen LogP contribution in [0.25, 0.3) is 11.1 Å². The summed E-state index contributed by atoms with van der Waals surface area (Å²) in [5.74, 6) is -4.06. The zero-order valence-corrected chi connectivity index (χ0v) is 22.0. The summed E-state index contributed by atoms with van der Waals surface area (Å²) < 4.78 is 0. The molecular formula is C23H18N6O7S3. The Bertz CT molecular complexity index is 1560. The number of anilines is 1. The maximum atomic E-state index is 12.9. The highest BCUT2D eigenvalue weighted by molar-refractivity contribution is 8.01. The number of thioether (sulfide) groups is 2. The minimum absolute atomic E-state index is 0.122. The molecule has 1 saturated heterocycles. The number of nitrogens with two attached hydrogens (primary N) is 1. The number of benzene rings is 1. The van der Waals surface area contributed by atoms with Gasteiger partial charge in [0.05, 0.1) is 0 Å². The number of ketones is 1. The SMILES string of the molecule is Nc1nc(C(=O)C(=O)N[C@@H]2C(=O)N3C(C(=O)O)=C(CSc4ncncc4-c4ccc(O)c(O)c4)CS[C@H]23)cs1. The summed E-state index contributed by atoms with van der Waals surface area (Å²) in [4.78, 5) is 63.0. The van der Waals surface area contributed by atoms with Crippen molar-refractivity contribution in [1.82, 2.24) is 25.2 Å². The fourth-order valence-corrected chi connectivity index (χ4v) is 7.00. The summed E-state index contributed by atoms with van der Waals surface area (Å²) in [5.41, 5.74) is 6.77. The molecule has 3 aromatic rings. The van der Waals surface area contributed by atoms with E-state index in [0.29, 0.717) is 21.7 Å². The number of fused-ring (bicyclic) bond motifs is 1. The van der Waals surface area contributed by atoms with E-state index in [1.54, 1.807) is 6.07 Å². The highest BCUT2D eigenvalue weighted by Crippen LogP contribution is 2.42. The van der Waals surface area contributed by atoms with E-state index in [4.69, 9.17) is 5.73 Å². The summed E-state index contributed by atoms with van der Waals surface area (Å²) in [6.07, 6.45) is 2.87. The number of aliphatic carboxylic acids is 1. The summed E-state index contributed by atoms with van der Waals surface area (Å²) >= 11 is 3.49. The van der Waals surface area contributed by atoms with Crippen LogP contribution < -0.4 is 11.1 Å². The van der Waals surface area contributed by atoms with Gasteiger partial charge < -0.3 is 26.4 Å². The smallest absolute Gasteiger partial charge is 0.352 e. The Labute approximate surface area is 232 Å². The largest absolute Gasteiger partial charge is 0.504 e. The standard InChI is InChI=1S/C23H18N6O7S3/c24-23-27-12(7-39-23)17(32)18(33)28-15-20(34)29-16(22(35)36)10(6-38-21(15)29)5-37-19-11(4-25-8-26-19)9-1-2-13(30)14(31)3-9/h1-4,7-8,15,21,30-31H,5-6H2,(H2,24,27)(H,28,33)(H,35,36)/t15-,21-/m1/s1. The van der Waals surface area contributed by atoms with Gasteiger partial charge in [-0.25, -0.2) is 19.7 Å². The van der Waals surface area contributed by atoms with Crippen LogP contribution in [0.1, 0.15) is 10.5 Å². The number of aromatic hydroxyl groups is 2. The third-order valence-electron chi connectivity index (χ3n) is 5.84. The number of nitrogen functional groups attached to an aromatic ring is 1. The van der Waals surface area contributed by atoms with E-state index >= 15 is 0 Å². The van der Waals surface area contributed by atoms with Crippen LogP contribution in [0.2, 0.25) is 0 Å². The molecule has 2 atom stereocenters. The average Bonchev–Trinajstić information content (AvgIpc) is 3.37. The van der Waals surface area contributed by atoms with Gasteiger partial charge in [0.1, 0.15) is 34.2 Å². The lowest BCUT2D eigenvalue weighted by atomic mass is 10.0. The number of Topliss-reactive ketones (excluding diaryl/α,β-unsaturated/α-hetero) is 1.